The molecule has 0 heterocycles. The molecule has 2 rings (SSSR count). The van der Waals surface area contributed by atoms with Crippen LogP contribution in [0, 0.1) is 25.5 Å². The minimum atomic E-state index is -1.19. The zero-order chi connectivity index (χ0) is 17.9. The molecule has 2 aromatic rings. The quantitative estimate of drug-likeness (QED) is 0.826. The number of anilines is 1. The van der Waals surface area contributed by atoms with Gasteiger partial charge >= 0.3 is 0 Å². The number of halogens is 3. The zero-order valence-corrected chi connectivity index (χ0v) is 13.8. The molecule has 0 unspecified atom stereocenters. The Morgan fingerprint density at radius 2 is 1.67 bits per heavy atom. The molecular formula is C17H15ClF2N2O2. The smallest absolute Gasteiger partial charge is 0.253 e. The average Bonchev–Trinajstić information content (AvgIpc) is 2.52. The third kappa shape index (κ3) is 4.08. The Labute approximate surface area is 142 Å². The van der Waals surface area contributed by atoms with Crippen LogP contribution in [-0.2, 0) is 4.79 Å². The zero-order valence-electron chi connectivity index (χ0n) is 13.0. The van der Waals surface area contributed by atoms with E-state index < -0.39 is 23.4 Å². The highest BCUT2D eigenvalue weighted by Gasteiger charge is 2.16. The number of carbonyl (C=O) groups excluding carboxylic acids is 2. The largest absolute Gasteiger partial charge is 0.343 e. The van der Waals surface area contributed by atoms with E-state index in [1.165, 1.54) is 0 Å². The monoisotopic (exact) mass is 352 g/mol. The number of benzene rings is 2. The van der Waals surface area contributed by atoms with Crippen LogP contribution in [0.1, 0.15) is 21.5 Å². The number of carbonyl (C=O) groups is 2. The minimum absolute atomic E-state index is 0.235. The topological polar surface area (TPSA) is 58.2 Å². The highest BCUT2D eigenvalue weighted by Crippen LogP contribution is 2.20. The molecule has 7 heteroatoms. The maximum atomic E-state index is 13.2. The number of para-hydroxylation sites is 1. The first-order valence-corrected chi connectivity index (χ1v) is 7.46. The van der Waals surface area contributed by atoms with Gasteiger partial charge in [0.1, 0.15) is 0 Å². The van der Waals surface area contributed by atoms with Crippen molar-refractivity contribution in [3.63, 3.8) is 0 Å². The van der Waals surface area contributed by atoms with Crippen molar-refractivity contribution in [2.24, 2.45) is 0 Å². The third-order valence-electron chi connectivity index (χ3n) is 3.41. The van der Waals surface area contributed by atoms with Gasteiger partial charge < -0.3 is 10.6 Å². The lowest BCUT2D eigenvalue weighted by Crippen LogP contribution is -2.33. The predicted octanol–water partition coefficient (Wildman–Crippen LogP) is 3.60. The standard InChI is InChI=1S/C17H15ClF2N2O2/c1-9-4-3-5-10(2)16(9)22-15(23)8-21-17(24)11-6-13(19)14(20)7-12(11)18/h3-7H,8H2,1-2H3,(H,21,24)(H,22,23). The average molecular weight is 353 g/mol. The van der Waals surface area contributed by atoms with Crippen LogP contribution in [0.15, 0.2) is 30.3 Å². The molecule has 0 aromatic heterocycles. The van der Waals surface area contributed by atoms with E-state index in [0.717, 1.165) is 11.1 Å². The van der Waals surface area contributed by atoms with Gasteiger partial charge in [-0.05, 0) is 37.1 Å². The lowest BCUT2D eigenvalue weighted by Gasteiger charge is -2.12. The molecule has 0 aliphatic heterocycles. The summed E-state index contributed by atoms with van der Waals surface area (Å²) in [5.74, 6) is -3.55. The van der Waals surface area contributed by atoms with Crippen LogP contribution in [0.2, 0.25) is 5.02 Å². The Morgan fingerprint density at radius 1 is 1.08 bits per heavy atom. The SMILES string of the molecule is Cc1cccc(C)c1NC(=O)CNC(=O)c1cc(F)c(F)cc1Cl. The van der Waals surface area contributed by atoms with Crippen molar-refractivity contribution < 1.29 is 18.4 Å². The maximum Gasteiger partial charge on any atom is 0.253 e. The molecule has 0 bridgehead atoms. The number of rotatable bonds is 4. The van der Waals surface area contributed by atoms with E-state index in [1.807, 2.05) is 32.0 Å². The minimum Gasteiger partial charge on any atom is -0.343 e. The number of hydrogen-bond donors (Lipinski definition) is 2. The van der Waals surface area contributed by atoms with Crippen LogP contribution >= 0.6 is 11.6 Å². The van der Waals surface area contributed by atoms with Gasteiger partial charge in [0.2, 0.25) is 5.91 Å². The Morgan fingerprint density at radius 3 is 2.29 bits per heavy atom. The Balaban J connectivity index is 2.02. The van der Waals surface area contributed by atoms with Crippen molar-refractivity contribution in [1.82, 2.24) is 5.32 Å². The summed E-state index contributed by atoms with van der Waals surface area (Å²) < 4.78 is 26.2. The van der Waals surface area contributed by atoms with Crippen molar-refractivity contribution in [3.05, 3.63) is 63.7 Å². The molecule has 0 atom stereocenters. The summed E-state index contributed by atoms with van der Waals surface area (Å²) in [7, 11) is 0. The highest BCUT2D eigenvalue weighted by molar-refractivity contribution is 6.33. The predicted molar refractivity (Wildman–Crippen MR) is 88.2 cm³/mol. The molecule has 0 saturated carbocycles. The second-order valence-electron chi connectivity index (χ2n) is 5.24. The molecular weight excluding hydrogens is 338 g/mol. The summed E-state index contributed by atoms with van der Waals surface area (Å²) in [5.41, 5.74) is 2.20. The molecule has 0 radical (unpaired) electrons. The van der Waals surface area contributed by atoms with Gasteiger partial charge in [0, 0.05) is 5.69 Å². The van der Waals surface area contributed by atoms with E-state index in [4.69, 9.17) is 11.6 Å². The highest BCUT2D eigenvalue weighted by atomic mass is 35.5. The summed E-state index contributed by atoms with van der Waals surface area (Å²) in [6, 6.07) is 6.97. The first-order chi connectivity index (χ1) is 11.3. The molecule has 24 heavy (non-hydrogen) atoms. The fourth-order valence-corrected chi connectivity index (χ4v) is 2.38. The van der Waals surface area contributed by atoms with E-state index >= 15 is 0 Å². The van der Waals surface area contributed by atoms with Crippen molar-refractivity contribution >= 4 is 29.1 Å². The summed E-state index contributed by atoms with van der Waals surface area (Å²) in [6.07, 6.45) is 0. The second kappa shape index (κ2) is 7.40. The molecule has 2 N–H and O–H groups in total. The van der Waals surface area contributed by atoms with Crippen LogP contribution < -0.4 is 10.6 Å². The molecule has 2 aromatic carbocycles. The lowest BCUT2D eigenvalue weighted by molar-refractivity contribution is -0.115. The van der Waals surface area contributed by atoms with Crippen LogP contribution in [0.25, 0.3) is 0 Å². The van der Waals surface area contributed by atoms with Gasteiger partial charge in [-0.25, -0.2) is 8.78 Å². The summed E-state index contributed by atoms with van der Waals surface area (Å²) in [4.78, 5) is 23.9. The fourth-order valence-electron chi connectivity index (χ4n) is 2.15. The summed E-state index contributed by atoms with van der Waals surface area (Å²) >= 11 is 5.71. The number of nitrogens with one attached hydrogen (secondary N) is 2. The number of hydrogen-bond acceptors (Lipinski definition) is 2. The van der Waals surface area contributed by atoms with Gasteiger partial charge in [-0.2, -0.15) is 0 Å². The summed E-state index contributed by atoms with van der Waals surface area (Å²) in [5, 5.41) is 4.79. The second-order valence-corrected chi connectivity index (χ2v) is 5.65. The van der Waals surface area contributed by atoms with Crippen LogP contribution in [0.3, 0.4) is 0 Å². The summed E-state index contributed by atoms with van der Waals surface area (Å²) in [6.45, 7) is 3.37. The maximum absolute atomic E-state index is 13.2. The van der Waals surface area contributed by atoms with Crippen LogP contribution in [0.4, 0.5) is 14.5 Å². The van der Waals surface area contributed by atoms with Gasteiger partial charge in [0.05, 0.1) is 17.1 Å². The molecule has 0 spiro atoms. The normalized spacial score (nSPS) is 10.4. The van der Waals surface area contributed by atoms with Crippen LogP contribution in [-0.4, -0.2) is 18.4 Å². The molecule has 0 fully saturated rings. The van der Waals surface area contributed by atoms with Crippen molar-refractivity contribution in [3.8, 4) is 0 Å². The third-order valence-corrected chi connectivity index (χ3v) is 3.72. The first-order valence-electron chi connectivity index (χ1n) is 7.08. The van der Waals surface area contributed by atoms with Crippen molar-refractivity contribution in [2.45, 2.75) is 13.8 Å². The van der Waals surface area contributed by atoms with Gasteiger partial charge in [-0.15, -0.1) is 0 Å². The molecule has 4 nitrogen and oxygen atoms in total. The van der Waals surface area contributed by atoms with E-state index in [-0.39, 0.29) is 17.1 Å². The van der Waals surface area contributed by atoms with Crippen LogP contribution in [0.5, 0.6) is 0 Å². The number of aryl methyl sites for hydroxylation is 2. The number of amides is 2. The Hall–Kier alpha value is -2.47. The van der Waals surface area contributed by atoms with Crippen molar-refractivity contribution in [2.75, 3.05) is 11.9 Å². The van der Waals surface area contributed by atoms with Crippen molar-refractivity contribution in [1.29, 1.82) is 0 Å². The van der Waals surface area contributed by atoms with Gasteiger partial charge in [-0.1, -0.05) is 29.8 Å². The molecule has 2 amide bonds. The van der Waals surface area contributed by atoms with Gasteiger partial charge in [-0.3, -0.25) is 9.59 Å². The fraction of sp³-hybridized carbons (Fsp3) is 0.176. The lowest BCUT2D eigenvalue weighted by atomic mass is 10.1. The van der Waals surface area contributed by atoms with Gasteiger partial charge in [0.15, 0.2) is 11.6 Å². The van der Waals surface area contributed by atoms with Gasteiger partial charge in [0.25, 0.3) is 5.91 Å². The first kappa shape index (κ1) is 17.9. The molecule has 126 valence electrons. The molecule has 0 aliphatic rings. The molecule has 0 aliphatic carbocycles. The van der Waals surface area contributed by atoms with E-state index in [1.54, 1.807) is 0 Å². The van der Waals surface area contributed by atoms with E-state index in [0.29, 0.717) is 17.8 Å². The Kier molecular flexibility index (Phi) is 5.51. The van der Waals surface area contributed by atoms with E-state index in [9.17, 15) is 18.4 Å². The molecule has 0 saturated heterocycles. The van der Waals surface area contributed by atoms with E-state index in [2.05, 4.69) is 10.6 Å². The Bertz CT molecular complexity index is 789.